The van der Waals surface area contributed by atoms with Crippen LogP contribution in [0.2, 0.25) is 0 Å². The van der Waals surface area contributed by atoms with Gasteiger partial charge >= 0.3 is 0 Å². The summed E-state index contributed by atoms with van der Waals surface area (Å²) in [5.74, 6) is 2.29. The summed E-state index contributed by atoms with van der Waals surface area (Å²) in [6.45, 7) is 2.82. The van der Waals surface area contributed by atoms with E-state index in [2.05, 4.69) is 13.0 Å². The van der Waals surface area contributed by atoms with E-state index in [9.17, 15) is 0 Å². The Morgan fingerprint density at radius 2 is 2.25 bits per heavy atom. The van der Waals surface area contributed by atoms with Gasteiger partial charge in [-0.25, -0.2) is 0 Å². The van der Waals surface area contributed by atoms with Crippen molar-refractivity contribution >= 4 is 11.8 Å². The van der Waals surface area contributed by atoms with Gasteiger partial charge in [0.15, 0.2) is 0 Å². The van der Waals surface area contributed by atoms with Crippen LogP contribution in [0.15, 0.2) is 12.2 Å². The molecular formula is C6H13NS. The lowest BCUT2D eigenvalue weighted by Crippen LogP contribution is -1.92. The Hall–Kier alpha value is 0.0500. The SMILES string of the molecule is CCSC/C=C/CN. The molecule has 0 saturated carbocycles. The van der Waals surface area contributed by atoms with Crippen LogP contribution in [0, 0.1) is 0 Å². The maximum atomic E-state index is 5.21. The summed E-state index contributed by atoms with van der Waals surface area (Å²) in [6.07, 6.45) is 4.09. The Labute approximate surface area is 55.3 Å². The van der Waals surface area contributed by atoms with E-state index in [0.29, 0.717) is 6.54 Å². The summed E-state index contributed by atoms with van der Waals surface area (Å²) in [5, 5.41) is 0. The molecule has 48 valence electrons. The fourth-order valence-corrected chi connectivity index (χ4v) is 0.858. The highest BCUT2D eigenvalue weighted by Crippen LogP contribution is 1.96. The van der Waals surface area contributed by atoms with E-state index in [1.54, 1.807) is 0 Å². The lowest BCUT2D eigenvalue weighted by molar-refractivity contribution is 1.25. The maximum absolute atomic E-state index is 5.21. The summed E-state index contributed by atoms with van der Waals surface area (Å²) in [6, 6.07) is 0. The number of hydrogen-bond acceptors (Lipinski definition) is 2. The Kier molecular flexibility index (Phi) is 7.09. The highest BCUT2D eigenvalue weighted by atomic mass is 32.2. The molecule has 0 spiro atoms. The fourth-order valence-electron chi connectivity index (χ4n) is 0.350. The van der Waals surface area contributed by atoms with Crippen molar-refractivity contribution in [1.82, 2.24) is 0 Å². The molecule has 0 aliphatic heterocycles. The maximum Gasteiger partial charge on any atom is 0.0113 e. The Balaban J connectivity index is 2.80. The molecule has 0 unspecified atom stereocenters. The van der Waals surface area contributed by atoms with Crippen molar-refractivity contribution in [3.05, 3.63) is 12.2 Å². The molecule has 0 aromatic heterocycles. The van der Waals surface area contributed by atoms with Gasteiger partial charge in [-0.15, -0.1) is 0 Å². The molecule has 0 rings (SSSR count). The topological polar surface area (TPSA) is 26.0 Å². The molecule has 8 heavy (non-hydrogen) atoms. The molecule has 0 atom stereocenters. The van der Waals surface area contributed by atoms with Gasteiger partial charge in [0.25, 0.3) is 0 Å². The van der Waals surface area contributed by atoms with Gasteiger partial charge in [-0.2, -0.15) is 11.8 Å². The smallest absolute Gasteiger partial charge is 0.0113 e. The predicted octanol–water partition coefficient (Wildman–Crippen LogP) is 1.25. The molecule has 0 aliphatic rings. The number of nitrogens with two attached hydrogens (primary N) is 1. The minimum atomic E-state index is 0.671. The normalized spacial score (nSPS) is 10.8. The van der Waals surface area contributed by atoms with E-state index in [0.717, 1.165) is 5.75 Å². The van der Waals surface area contributed by atoms with Crippen molar-refractivity contribution in [2.75, 3.05) is 18.1 Å². The predicted molar refractivity (Wildman–Crippen MR) is 41.2 cm³/mol. The van der Waals surface area contributed by atoms with Crippen LogP contribution in [0.25, 0.3) is 0 Å². The molecule has 0 heterocycles. The van der Waals surface area contributed by atoms with Crippen molar-refractivity contribution in [1.29, 1.82) is 0 Å². The molecule has 0 radical (unpaired) electrons. The molecule has 0 aromatic rings. The Bertz CT molecular complexity index is 61.5. The zero-order chi connectivity index (χ0) is 6.24. The monoisotopic (exact) mass is 131 g/mol. The van der Waals surface area contributed by atoms with Gasteiger partial charge in [-0.3, -0.25) is 0 Å². The van der Waals surface area contributed by atoms with E-state index >= 15 is 0 Å². The number of rotatable bonds is 4. The lowest BCUT2D eigenvalue weighted by atomic mass is 10.5. The third kappa shape index (κ3) is 6.05. The average Bonchev–Trinajstić information content (AvgIpc) is 1.81. The molecule has 0 saturated heterocycles. The van der Waals surface area contributed by atoms with E-state index in [4.69, 9.17) is 5.73 Å². The van der Waals surface area contributed by atoms with Crippen LogP contribution in [0.1, 0.15) is 6.92 Å². The first-order chi connectivity index (χ1) is 3.91. The lowest BCUT2D eigenvalue weighted by Gasteiger charge is -1.86. The first kappa shape index (κ1) is 8.05. The molecule has 0 amide bonds. The molecule has 2 heteroatoms. The quantitative estimate of drug-likeness (QED) is 0.459. The van der Waals surface area contributed by atoms with Gasteiger partial charge in [-0.1, -0.05) is 19.1 Å². The summed E-state index contributed by atoms with van der Waals surface area (Å²) >= 11 is 1.91. The highest BCUT2D eigenvalue weighted by Gasteiger charge is 1.74. The minimum absolute atomic E-state index is 0.671. The minimum Gasteiger partial charge on any atom is -0.327 e. The molecule has 2 N–H and O–H groups in total. The standard InChI is InChI=1S/C6H13NS/c1-2-8-6-4-3-5-7/h3-4H,2,5-7H2,1H3/b4-3+. The van der Waals surface area contributed by atoms with E-state index in [1.165, 1.54) is 5.75 Å². The summed E-state index contributed by atoms with van der Waals surface area (Å²) < 4.78 is 0. The summed E-state index contributed by atoms with van der Waals surface area (Å²) in [5.41, 5.74) is 5.21. The summed E-state index contributed by atoms with van der Waals surface area (Å²) in [4.78, 5) is 0. The zero-order valence-electron chi connectivity index (χ0n) is 5.26. The molecule has 0 aromatic carbocycles. The molecular weight excluding hydrogens is 118 g/mol. The average molecular weight is 131 g/mol. The van der Waals surface area contributed by atoms with Crippen LogP contribution < -0.4 is 5.73 Å². The molecule has 0 fully saturated rings. The van der Waals surface area contributed by atoms with Gasteiger partial charge in [-0.05, 0) is 5.75 Å². The second kappa shape index (κ2) is 7.05. The zero-order valence-corrected chi connectivity index (χ0v) is 6.08. The third-order valence-corrected chi connectivity index (χ3v) is 1.56. The van der Waals surface area contributed by atoms with Crippen molar-refractivity contribution in [3.63, 3.8) is 0 Å². The van der Waals surface area contributed by atoms with Gasteiger partial charge in [0.2, 0.25) is 0 Å². The number of hydrogen-bond donors (Lipinski definition) is 1. The second-order valence-corrected chi connectivity index (χ2v) is 2.69. The first-order valence-corrected chi connectivity index (χ1v) is 4.00. The number of thioether (sulfide) groups is 1. The fraction of sp³-hybridized carbons (Fsp3) is 0.667. The van der Waals surface area contributed by atoms with Crippen LogP contribution in [0.4, 0.5) is 0 Å². The molecule has 0 bridgehead atoms. The Morgan fingerprint density at radius 3 is 2.75 bits per heavy atom. The Morgan fingerprint density at radius 1 is 1.50 bits per heavy atom. The molecule has 1 nitrogen and oxygen atoms in total. The van der Waals surface area contributed by atoms with E-state index in [-0.39, 0.29) is 0 Å². The molecule has 0 aliphatic carbocycles. The third-order valence-electron chi connectivity index (χ3n) is 0.721. The van der Waals surface area contributed by atoms with E-state index < -0.39 is 0 Å². The van der Waals surface area contributed by atoms with Gasteiger partial charge < -0.3 is 5.73 Å². The van der Waals surface area contributed by atoms with Gasteiger partial charge in [0.05, 0.1) is 0 Å². The van der Waals surface area contributed by atoms with Crippen LogP contribution in [0.3, 0.4) is 0 Å². The van der Waals surface area contributed by atoms with Crippen molar-refractivity contribution in [2.45, 2.75) is 6.92 Å². The van der Waals surface area contributed by atoms with Crippen molar-refractivity contribution in [3.8, 4) is 0 Å². The van der Waals surface area contributed by atoms with Crippen LogP contribution in [0.5, 0.6) is 0 Å². The first-order valence-electron chi connectivity index (χ1n) is 2.84. The van der Waals surface area contributed by atoms with Crippen LogP contribution in [-0.2, 0) is 0 Å². The van der Waals surface area contributed by atoms with Crippen LogP contribution in [-0.4, -0.2) is 18.1 Å². The van der Waals surface area contributed by atoms with Gasteiger partial charge in [0, 0.05) is 12.3 Å². The second-order valence-electron chi connectivity index (χ2n) is 1.37. The van der Waals surface area contributed by atoms with Crippen LogP contribution >= 0.6 is 11.8 Å². The summed E-state index contributed by atoms with van der Waals surface area (Å²) in [7, 11) is 0. The largest absolute Gasteiger partial charge is 0.327 e. The van der Waals surface area contributed by atoms with Gasteiger partial charge in [0.1, 0.15) is 0 Å². The van der Waals surface area contributed by atoms with E-state index in [1.807, 2.05) is 17.8 Å². The van der Waals surface area contributed by atoms with Crippen molar-refractivity contribution < 1.29 is 0 Å². The highest BCUT2D eigenvalue weighted by molar-refractivity contribution is 7.99. The van der Waals surface area contributed by atoms with Crippen molar-refractivity contribution in [2.24, 2.45) is 5.73 Å².